The zero-order chi connectivity index (χ0) is 19.2. The van der Waals surface area contributed by atoms with Crippen molar-refractivity contribution in [1.29, 1.82) is 5.26 Å². The summed E-state index contributed by atoms with van der Waals surface area (Å²) in [6.07, 6.45) is 3.52. The normalized spacial score (nSPS) is 22.7. The molecule has 0 saturated heterocycles. The number of nitrogens with one attached hydrogen (secondary N) is 1. The largest absolute Gasteiger partial charge is 0.493 e. The predicted octanol–water partition coefficient (Wildman–Crippen LogP) is 4.52. The number of anilines is 1. The second-order valence-electron chi connectivity index (χ2n) is 7.61. The molecule has 0 aromatic heterocycles. The van der Waals surface area contributed by atoms with Gasteiger partial charge in [-0.1, -0.05) is 27.2 Å². The molecule has 26 heavy (non-hydrogen) atoms. The Hall–Kier alpha value is -2.06. The van der Waals surface area contributed by atoms with Crippen molar-refractivity contribution in [3.8, 4) is 11.8 Å². The van der Waals surface area contributed by atoms with E-state index in [4.69, 9.17) is 9.47 Å². The van der Waals surface area contributed by atoms with E-state index in [0.717, 1.165) is 12.8 Å². The van der Waals surface area contributed by atoms with Crippen molar-refractivity contribution in [1.82, 2.24) is 0 Å². The monoisotopic (exact) mass is 358 g/mol. The van der Waals surface area contributed by atoms with Gasteiger partial charge in [0.25, 0.3) is 5.91 Å². The van der Waals surface area contributed by atoms with Crippen molar-refractivity contribution in [2.24, 2.45) is 11.8 Å². The van der Waals surface area contributed by atoms with E-state index in [-0.39, 0.29) is 5.91 Å². The summed E-state index contributed by atoms with van der Waals surface area (Å²) >= 11 is 0. The molecule has 0 aliphatic heterocycles. The number of hydrogen-bond acceptors (Lipinski definition) is 4. The molecular formula is C21H30N2O3. The number of nitriles is 1. The van der Waals surface area contributed by atoms with Crippen LogP contribution in [0.3, 0.4) is 0 Å². The highest BCUT2D eigenvalue weighted by Crippen LogP contribution is 2.36. The van der Waals surface area contributed by atoms with Crippen LogP contribution in [-0.2, 0) is 9.53 Å². The molecule has 0 spiro atoms. The smallest absolute Gasteiger partial charge is 0.256 e. The molecule has 2 atom stereocenters. The third kappa shape index (κ3) is 4.98. The summed E-state index contributed by atoms with van der Waals surface area (Å²) in [6.45, 7) is 9.28. The van der Waals surface area contributed by atoms with E-state index in [1.165, 1.54) is 0 Å². The molecule has 1 fully saturated rings. The molecule has 1 aromatic rings. The first-order valence-electron chi connectivity index (χ1n) is 9.52. The van der Waals surface area contributed by atoms with Crippen molar-refractivity contribution in [3.05, 3.63) is 23.8 Å². The van der Waals surface area contributed by atoms with E-state index in [0.29, 0.717) is 54.9 Å². The van der Waals surface area contributed by atoms with Crippen LogP contribution in [-0.4, -0.2) is 24.7 Å². The molecule has 5 heteroatoms. The Morgan fingerprint density at radius 3 is 2.85 bits per heavy atom. The molecule has 1 saturated carbocycles. The van der Waals surface area contributed by atoms with E-state index in [1.54, 1.807) is 18.2 Å². The van der Waals surface area contributed by atoms with Gasteiger partial charge in [0.1, 0.15) is 17.4 Å². The second kappa shape index (κ2) is 9.05. The number of benzene rings is 1. The van der Waals surface area contributed by atoms with Gasteiger partial charge in [-0.05, 0) is 56.2 Å². The number of ether oxygens (including phenoxy) is 2. The molecule has 5 nitrogen and oxygen atoms in total. The van der Waals surface area contributed by atoms with E-state index in [9.17, 15) is 10.1 Å². The van der Waals surface area contributed by atoms with Crippen LogP contribution in [0, 0.1) is 23.2 Å². The number of hydrogen-bond donors (Lipinski definition) is 1. The third-order valence-electron chi connectivity index (χ3n) is 4.73. The number of rotatable bonds is 7. The quantitative estimate of drug-likeness (QED) is 0.778. The first-order chi connectivity index (χ1) is 12.4. The van der Waals surface area contributed by atoms with Crippen LogP contribution in [0.5, 0.6) is 5.75 Å². The first kappa shape index (κ1) is 20.3. The minimum Gasteiger partial charge on any atom is -0.493 e. The molecular weight excluding hydrogens is 328 g/mol. The van der Waals surface area contributed by atoms with E-state index in [2.05, 4.69) is 32.2 Å². The van der Waals surface area contributed by atoms with Crippen LogP contribution >= 0.6 is 0 Å². The number of nitrogens with zero attached hydrogens (tertiary/aromatic N) is 1. The van der Waals surface area contributed by atoms with Crippen LogP contribution < -0.4 is 10.1 Å². The van der Waals surface area contributed by atoms with Gasteiger partial charge in [0.05, 0.1) is 17.9 Å². The van der Waals surface area contributed by atoms with Crippen LogP contribution in [0.2, 0.25) is 0 Å². The fourth-order valence-electron chi connectivity index (χ4n) is 3.50. The van der Waals surface area contributed by atoms with Gasteiger partial charge in [0.15, 0.2) is 0 Å². The van der Waals surface area contributed by atoms with E-state index < -0.39 is 5.60 Å². The average Bonchev–Trinajstić information content (AvgIpc) is 2.61. The number of carbonyl (C=O) groups is 1. The van der Waals surface area contributed by atoms with Crippen molar-refractivity contribution in [3.63, 3.8) is 0 Å². The van der Waals surface area contributed by atoms with Gasteiger partial charge in [0, 0.05) is 6.61 Å². The molecule has 2 rings (SSSR count). The van der Waals surface area contributed by atoms with Crippen LogP contribution in [0.4, 0.5) is 5.69 Å². The zero-order valence-electron chi connectivity index (χ0n) is 16.3. The highest BCUT2D eigenvalue weighted by Gasteiger charge is 2.42. The summed E-state index contributed by atoms with van der Waals surface area (Å²) in [5.41, 5.74) is 0.105. The Kier molecular flexibility index (Phi) is 7.05. The predicted molar refractivity (Wildman–Crippen MR) is 102 cm³/mol. The molecule has 0 radical (unpaired) electrons. The fourth-order valence-corrected chi connectivity index (χ4v) is 3.50. The fraction of sp³-hybridized carbons (Fsp3) is 0.619. The maximum Gasteiger partial charge on any atom is 0.256 e. The number of amides is 1. The van der Waals surface area contributed by atoms with Gasteiger partial charge >= 0.3 is 0 Å². The van der Waals surface area contributed by atoms with Crippen LogP contribution in [0.25, 0.3) is 0 Å². The van der Waals surface area contributed by atoms with Gasteiger partial charge in [-0.2, -0.15) is 5.26 Å². The van der Waals surface area contributed by atoms with Gasteiger partial charge < -0.3 is 14.8 Å². The molecule has 0 heterocycles. The van der Waals surface area contributed by atoms with Crippen molar-refractivity contribution < 1.29 is 14.3 Å². The number of carbonyl (C=O) groups excluding carboxylic acids is 1. The summed E-state index contributed by atoms with van der Waals surface area (Å²) in [7, 11) is 0. The zero-order valence-corrected chi connectivity index (χ0v) is 16.3. The van der Waals surface area contributed by atoms with E-state index in [1.807, 2.05) is 6.92 Å². The molecule has 1 aromatic carbocycles. The topological polar surface area (TPSA) is 71.3 Å². The van der Waals surface area contributed by atoms with E-state index >= 15 is 0 Å². The Labute approximate surface area is 156 Å². The average molecular weight is 358 g/mol. The maximum absolute atomic E-state index is 13.0. The molecule has 2 unspecified atom stereocenters. The molecule has 0 bridgehead atoms. The Bertz CT molecular complexity index is 662. The summed E-state index contributed by atoms with van der Waals surface area (Å²) in [6, 6.07) is 7.35. The lowest BCUT2D eigenvalue weighted by Gasteiger charge is -2.38. The summed E-state index contributed by atoms with van der Waals surface area (Å²) in [5.74, 6) is 1.33. The third-order valence-corrected chi connectivity index (χ3v) is 4.73. The molecule has 1 N–H and O–H groups in total. The van der Waals surface area contributed by atoms with Crippen molar-refractivity contribution >= 4 is 11.6 Å². The SMILES string of the molecule is CCOC1(C(=O)Nc2ccc(OCC(C)C)cc2C#N)CCCC(C)C1. The minimum atomic E-state index is -0.800. The molecule has 1 aliphatic rings. The van der Waals surface area contributed by atoms with Gasteiger partial charge in [-0.25, -0.2) is 0 Å². The minimum absolute atomic E-state index is 0.154. The summed E-state index contributed by atoms with van der Waals surface area (Å²) in [4.78, 5) is 13.0. The highest BCUT2D eigenvalue weighted by molar-refractivity contribution is 5.98. The van der Waals surface area contributed by atoms with Gasteiger partial charge in [0.2, 0.25) is 0 Å². The molecule has 142 valence electrons. The lowest BCUT2D eigenvalue weighted by Crippen LogP contribution is -2.48. The summed E-state index contributed by atoms with van der Waals surface area (Å²) < 4.78 is 11.6. The Morgan fingerprint density at radius 1 is 1.46 bits per heavy atom. The highest BCUT2D eigenvalue weighted by atomic mass is 16.5. The van der Waals surface area contributed by atoms with Gasteiger partial charge in [-0.3, -0.25) is 4.79 Å². The Morgan fingerprint density at radius 2 is 2.23 bits per heavy atom. The van der Waals surface area contributed by atoms with Crippen LogP contribution in [0.1, 0.15) is 58.9 Å². The first-order valence-corrected chi connectivity index (χ1v) is 9.52. The second-order valence-corrected chi connectivity index (χ2v) is 7.61. The molecule has 1 amide bonds. The van der Waals surface area contributed by atoms with Gasteiger partial charge in [-0.15, -0.1) is 0 Å². The standard InChI is InChI=1S/C21H30N2O3/c1-5-26-21(10-6-7-16(4)12-21)20(24)23-19-9-8-18(11-17(19)13-22)25-14-15(2)3/h8-9,11,15-16H,5-7,10,12,14H2,1-4H3,(H,23,24). The lowest BCUT2D eigenvalue weighted by molar-refractivity contribution is -0.147. The maximum atomic E-state index is 13.0. The van der Waals surface area contributed by atoms with Crippen LogP contribution in [0.15, 0.2) is 18.2 Å². The summed E-state index contributed by atoms with van der Waals surface area (Å²) in [5, 5.41) is 12.4. The Balaban J connectivity index is 2.17. The molecule has 1 aliphatic carbocycles. The lowest BCUT2D eigenvalue weighted by atomic mass is 9.78. The van der Waals surface area contributed by atoms with Crippen molar-refractivity contribution in [2.75, 3.05) is 18.5 Å². The van der Waals surface area contributed by atoms with Crippen molar-refractivity contribution in [2.45, 2.75) is 59.0 Å².